The second-order valence-electron chi connectivity index (χ2n) is 4.90. The molecule has 1 aromatic carbocycles. The van der Waals surface area contributed by atoms with E-state index in [9.17, 15) is 9.90 Å². The normalized spacial score (nSPS) is 11.1. The van der Waals surface area contributed by atoms with Crippen molar-refractivity contribution in [2.45, 2.75) is 33.2 Å². The second kappa shape index (κ2) is 5.08. The van der Waals surface area contributed by atoms with Crippen LogP contribution in [0.1, 0.15) is 27.7 Å². The zero-order valence-electron chi connectivity index (χ0n) is 10.8. The zero-order valence-corrected chi connectivity index (χ0v) is 10.8. The molecule has 1 rings (SSSR count). The molecular formula is C13H20N2O2. The SMILES string of the molecule is CCN(C(=O)Nc1cccc(O)c1)C(C)(C)C. The lowest BCUT2D eigenvalue weighted by atomic mass is 10.1. The first kappa shape index (κ1) is 13.4. The van der Waals surface area contributed by atoms with Crippen LogP contribution in [-0.2, 0) is 0 Å². The molecule has 0 aliphatic rings. The minimum absolute atomic E-state index is 0.140. The van der Waals surface area contributed by atoms with Crippen molar-refractivity contribution in [1.29, 1.82) is 0 Å². The molecule has 0 unspecified atom stereocenters. The summed E-state index contributed by atoms with van der Waals surface area (Å²) < 4.78 is 0. The second-order valence-corrected chi connectivity index (χ2v) is 4.90. The van der Waals surface area contributed by atoms with Gasteiger partial charge in [-0.25, -0.2) is 4.79 Å². The minimum Gasteiger partial charge on any atom is -0.508 e. The third-order valence-electron chi connectivity index (χ3n) is 2.47. The van der Waals surface area contributed by atoms with Crippen LogP contribution in [0.15, 0.2) is 24.3 Å². The van der Waals surface area contributed by atoms with Crippen LogP contribution in [0.2, 0.25) is 0 Å². The summed E-state index contributed by atoms with van der Waals surface area (Å²) >= 11 is 0. The fourth-order valence-corrected chi connectivity index (χ4v) is 1.70. The molecule has 0 aromatic heterocycles. The Morgan fingerprint density at radius 3 is 2.53 bits per heavy atom. The van der Waals surface area contributed by atoms with Crippen molar-refractivity contribution in [2.75, 3.05) is 11.9 Å². The highest BCUT2D eigenvalue weighted by Gasteiger charge is 2.24. The molecule has 0 fully saturated rings. The number of urea groups is 1. The van der Waals surface area contributed by atoms with Gasteiger partial charge in [-0.1, -0.05) is 6.07 Å². The lowest BCUT2D eigenvalue weighted by molar-refractivity contribution is 0.162. The predicted octanol–water partition coefficient (Wildman–Crippen LogP) is 3.04. The molecule has 0 aliphatic carbocycles. The van der Waals surface area contributed by atoms with Gasteiger partial charge >= 0.3 is 6.03 Å². The highest BCUT2D eigenvalue weighted by atomic mass is 16.3. The first-order valence-electron chi connectivity index (χ1n) is 5.72. The van der Waals surface area contributed by atoms with Crippen molar-refractivity contribution in [2.24, 2.45) is 0 Å². The topological polar surface area (TPSA) is 52.6 Å². The number of nitrogens with zero attached hydrogens (tertiary/aromatic N) is 1. The lowest BCUT2D eigenvalue weighted by Gasteiger charge is -2.34. The number of phenolic OH excluding ortho intramolecular Hbond substituents is 1. The summed E-state index contributed by atoms with van der Waals surface area (Å²) in [4.78, 5) is 13.8. The average Bonchev–Trinajstić information content (AvgIpc) is 2.15. The maximum absolute atomic E-state index is 12.0. The van der Waals surface area contributed by atoms with Crippen LogP contribution in [-0.4, -0.2) is 28.1 Å². The molecule has 4 heteroatoms. The summed E-state index contributed by atoms with van der Waals surface area (Å²) in [6.07, 6.45) is 0. The quantitative estimate of drug-likeness (QED) is 0.829. The van der Waals surface area contributed by atoms with Crippen molar-refractivity contribution in [3.63, 3.8) is 0 Å². The van der Waals surface area contributed by atoms with Crippen LogP contribution in [0.4, 0.5) is 10.5 Å². The summed E-state index contributed by atoms with van der Waals surface area (Å²) in [5.41, 5.74) is 0.369. The standard InChI is InChI=1S/C13H20N2O2/c1-5-15(13(2,3)4)12(17)14-10-7-6-8-11(16)9-10/h6-9,16H,5H2,1-4H3,(H,14,17). The molecule has 17 heavy (non-hydrogen) atoms. The molecule has 0 bridgehead atoms. The van der Waals surface area contributed by atoms with E-state index in [-0.39, 0.29) is 17.3 Å². The van der Waals surface area contributed by atoms with Gasteiger partial charge in [0.05, 0.1) is 0 Å². The summed E-state index contributed by atoms with van der Waals surface area (Å²) in [5.74, 6) is 0.140. The predicted molar refractivity (Wildman–Crippen MR) is 69.3 cm³/mol. The van der Waals surface area contributed by atoms with E-state index in [2.05, 4.69) is 5.32 Å². The molecule has 4 nitrogen and oxygen atoms in total. The Morgan fingerprint density at radius 2 is 2.06 bits per heavy atom. The van der Waals surface area contributed by atoms with Crippen LogP contribution in [0.3, 0.4) is 0 Å². The molecular weight excluding hydrogens is 216 g/mol. The molecule has 2 N–H and O–H groups in total. The third-order valence-corrected chi connectivity index (χ3v) is 2.47. The van der Waals surface area contributed by atoms with Gasteiger partial charge in [-0.3, -0.25) is 0 Å². The molecule has 0 saturated carbocycles. The van der Waals surface area contributed by atoms with E-state index >= 15 is 0 Å². The first-order chi connectivity index (χ1) is 7.84. The maximum Gasteiger partial charge on any atom is 0.322 e. The summed E-state index contributed by atoms with van der Waals surface area (Å²) in [7, 11) is 0. The van der Waals surface area contributed by atoms with Crippen molar-refractivity contribution in [1.82, 2.24) is 4.90 Å². The largest absolute Gasteiger partial charge is 0.508 e. The number of benzene rings is 1. The molecule has 0 radical (unpaired) electrons. The summed E-state index contributed by atoms with van der Waals surface area (Å²) in [6.45, 7) is 8.52. The van der Waals surface area contributed by atoms with Crippen LogP contribution in [0, 0.1) is 0 Å². The molecule has 0 saturated heterocycles. The number of hydrogen-bond acceptors (Lipinski definition) is 2. The van der Waals surface area contributed by atoms with Gasteiger partial charge < -0.3 is 15.3 Å². The molecule has 2 amide bonds. The Bertz CT molecular complexity index is 397. The Kier molecular flexibility index (Phi) is 3.99. The number of carbonyl (C=O) groups is 1. The minimum atomic E-state index is -0.227. The Labute approximate surface area is 102 Å². The number of anilines is 1. The number of nitrogens with one attached hydrogen (secondary N) is 1. The number of rotatable bonds is 2. The van der Waals surface area contributed by atoms with Crippen LogP contribution < -0.4 is 5.32 Å². The molecule has 0 heterocycles. The highest BCUT2D eigenvalue weighted by molar-refractivity contribution is 5.90. The van der Waals surface area contributed by atoms with Crippen LogP contribution in [0.25, 0.3) is 0 Å². The molecule has 0 atom stereocenters. The maximum atomic E-state index is 12.0. The number of aromatic hydroxyl groups is 1. The Morgan fingerprint density at radius 1 is 1.41 bits per heavy atom. The van der Waals surface area contributed by atoms with E-state index in [1.807, 2.05) is 27.7 Å². The van der Waals surface area contributed by atoms with Crippen LogP contribution in [0.5, 0.6) is 5.75 Å². The molecule has 0 spiro atoms. The number of hydrogen-bond donors (Lipinski definition) is 2. The van der Waals surface area contributed by atoms with Gasteiger partial charge in [0.15, 0.2) is 0 Å². The van der Waals surface area contributed by atoms with E-state index in [4.69, 9.17) is 0 Å². The van der Waals surface area contributed by atoms with Gasteiger partial charge in [0.1, 0.15) is 5.75 Å². The van der Waals surface area contributed by atoms with E-state index in [1.165, 1.54) is 6.07 Å². The van der Waals surface area contributed by atoms with E-state index in [0.29, 0.717) is 12.2 Å². The van der Waals surface area contributed by atoms with Gasteiger partial charge in [-0.2, -0.15) is 0 Å². The number of phenols is 1. The molecule has 0 aliphatic heterocycles. The monoisotopic (exact) mass is 236 g/mol. The smallest absolute Gasteiger partial charge is 0.322 e. The first-order valence-corrected chi connectivity index (χ1v) is 5.72. The lowest BCUT2D eigenvalue weighted by Crippen LogP contribution is -2.47. The van der Waals surface area contributed by atoms with Gasteiger partial charge in [0, 0.05) is 23.8 Å². The fraction of sp³-hybridized carbons (Fsp3) is 0.462. The number of amides is 2. The van der Waals surface area contributed by atoms with Crippen molar-refractivity contribution in [3.05, 3.63) is 24.3 Å². The van der Waals surface area contributed by atoms with Gasteiger partial charge in [-0.15, -0.1) is 0 Å². The van der Waals surface area contributed by atoms with Crippen LogP contribution >= 0.6 is 0 Å². The van der Waals surface area contributed by atoms with Crippen molar-refractivity contribution >= 4 is 11.7 Å². The number of carbonyl (C=O) groups excluding carboxylic acids is 1. The zero-order chi connectivity index (χ0) is 13.1. The van der Waals surface area contributed by atoms with E-state index in [0.717, 1.165) is 0 Å². The van der Waals surface area contributed by atoms with Gasteiger partial charge in [-0.05, 0) is 39.8 Å². The fourth-order valence-electron chi connectivity index (χ4n) is 1.70. The van der Waals surface area contributed by atoms with Gasteiger partial charge in [0.25, 0.3) is 0 Å². The Balaban J connectivity index is 2.78. The van der Waals surface area contributed by atoms with Crippen molar-refractivity contribution < 1.29 is 9.90 Å². The summed E-state index contributed by atoms with van der Waals surface area (Å²) in [5, 5.41) is 12.1. The van der Waals surface area contributed by atoms with E-state index < -0.39 is 0 Å². The van der Waals surface area contributed by atoms with Gasteiger partial charge in [0.2, 0.25) is 0 Å². The molecule has 1 aromatic rings. The third kappa shape index (κ3) is 3.66. The molecule has 94 valence electrons. The average molecular weight is 236 g/mol. The summed E-state index contributed by atoms with van der Waals surface area (Å²) in [6, 6.07) is 6.36. The highest BCUT2D eigenvalue weighted by Crippen LogP contribution is 2.18. The Hall–Kier alpha value is -1.71. The van der Waals surface area contributed by atoms with Crippen molar-refractivity contribution in [3.8, 4) is 5.75 Å². The van der Waals surface area contributed by atoms with E-state index in [1.54, 1.807) is 23.1 Å².